The maximum absolute atomic E-state index is 10.2. The van der Waals surface area contributed by atoms with Crippen LogP contribution in [0.4, 0.5) is 0 Å². The lowest BCUT2D eigenvalue weighted by molar-refractivity contribution is 0.220. The van der Waals surface area contributed by atoms with Crippen LogP contribution >= 0.6 is 11.6 Å². The van der Waals surface area contributed by atoms with E-state index in [1.165, 1.54) is 5.69 Å². The minimum Gasteiger partial charge on any atom is -0.504 e. The van der Waals surface area contributed by atoms with Gasteiger partial charge < -0.3 is 14.4 Å². The largest absolute Gasteiger partial charge is 0.504 e. The van der Waals surface area contributed by atoms with Crippen molar-refractivity contribution in [3.05, 3.63) is 82.6 Å². The number of benzene rings is 2. The molecule has 27 heavy (non-hydrogen) atoms. The number of aromatic hydroxyl groups is 1. The highest BCUT2D eigenvalue weighted by atomic mass is 35.5. The van der Waals surface area contributed by atoms with Crippen molar-refractivity contribution in [1.29, 1.82) is 0 Å². The summed E-state index contributed by atoms with van der Waals surface area (Å²) in [5, 5.41) is 10.9. The fourth-order valence-corrected chi connectivity index (χ4v) is 4.17. The molecular formula is C22H23ClN2O2. The van der Waals surface area contributed by atoms with Gasteiger partial charge in [0.05, 0.1) is 13.2 Å². The summed E-state index contributed by atoms with van der Waals surface area (Å²) in [6.07, 6.45) is 3.20. The van der Waals surface area contributed by atoms with Gasteiger partial charge in [-0.2, -0.15) is 0 Å². The van der Waals surface area contributed by atoms with Crippen molar-refractivity contribution in [2.24, 2.45) is 0 Å². The van der Waals surface area contributed by atoms with E-state index in [4.69, 9.17) is 16.3 Å². The van der Waals surface area contributed by atoms with E-state index in [0.717, 1.165) is 42.2 Å². The Morgan fingerprint density at radius 1 is 1.11 bits per heavy atom. The summed E-state index contributed by atoms with van der Waals surface area (Å²) in [4.78, 5) is 2.43. The molecule has 140 valence electrons. The highest BCUT2D eigenvalue weighted by Crippen LogP contribution is 2.37. The average Bonchev–Trinajstić information content (AvgIpc) is 3.05. The van der Waals surface area contributed by atoms with Crippen LogP contribution in [-0.2, 0) is 13.1 Å². The lowest BCUT2D eigenvalue weighted by Gasteiger charge is -2.31. The molecule has 1 aromatic heterocycles. The van der Waals surface area contributed by atoms with Crippen LogP contribution in [-0.4, -0.2) is 28.2 Å². The molecule has 1 N–H and O–H groups in total. The molecule has 0 fully saturated rings. The predicted octanol–water partition coefficient (Wildman–Crippen LogP) is 4.85. The molecule has 5 heteroatoms. The van der Waals surface area contributed by atoms with Crippen LogP contribution in [0.2, 0.25) is 5.02 Å². The summed E-state index contributed by atoms with van der Waals surface area (Å²) in [6.45, 7) is 2.66. The molecule has 0 amide bonds. The summed E-state index contributed by atoms with van der Waals surface area (Å²) in [7, 11) is 1.56. The zero-order chi connectivity index (χ0) is 18.8. The first-order valence-electron chi connectivity index (χ1n) is 9.17. The summed E-state index contributed by atoms with van der Waals surface area (Å²) >= 11 is 6.59. The number of halogens is 1. The second-order valence-corrected chi connectivity index (χ2v) is 7.29. The number of hydrogen-bond donors (Lipinski definition) is 1. The Labute approximate surface area is 164 Å². The van der Waals surface area contributed by atoms with Crippen molar-refractivity contribution in [3.63, 3.8) is 0 Å². The maximum atomic E-state index is 10.2. The third kappa shape index (κ3) is 3.55. The Hall–Kier alpha value is -2.43. The monoisotopic (exact) mass is 382 g/mol. The van der Waals surface area contributed by atoms with Gasteiger partial charge in [-0.1, -0.05) is 35.9 Å². The summed E-state index contributed by atoms with van der Waals surface area (Å²) < 4.78 is 7.49. The molecular weight excluding hydrogens is 360 g/mol. The lowest BCUT2D eigenvalue weighted by Crippen LogP contribution is -2.29. The van der Waals surface area contributed by atoms with Crippen LogP contribution in [0.25, 0.3) is 0 Å². The van der Waals surface area contributed by atoms with E-state index in [1.807, 2.05) is 30.3 Å². The smallest absolute Gasteiger partial charge is 0.160 e. The fraction of sp³-hybridized carbons (Fsp3) is 0.273. The highest BCUT2D eigenvalue weighted by molar-refractivity contribution is 6.31. The zero-order valence-corrected chi connectivity index (χ0v) is 16.1. The summed E-state index contributed by atoms with van der Waals surface area (Å²) in [5.74, 6) is 0.661. The SMILES string of the molecule is COc1ccc(CN2CCCn3cccc3C2c2ccccc2Cl)cc1O. The van der Waals surface area contributed by atoms with Gasteiger partial charge >= 0.3 is 0 Å². The standard InChI is InChI=1S/C22H23ClN2O2/c1-27-21-10-9-16(14-20(21)26)15-25-13-5-12-24-11-4-8-19(24)22(25)17-6-2-3-7-18(17)23/h2-4,6-11,14,22,26H,5,12-13,15H2,1H3. The van der Waals surface area contributed by atoms with Crippen LogP contribution in [0.5, 0.6) is 11.5 Å². The van der Waals surface area contributed by atoms with Gasteiger partial charge in [0, 0.05) is 36.5 Å². The van der Waals surface area contributed by atoms with Gasteiger partial charge in [-0.15, -0.1) is 0 Å². The minimum absolute atomic E-state index is 0.0699. The van der Waals surface area contributed by atoms with Crippen molar-refractivity contribution in [1.82, 2.24) is 9.47 Å². The molecule has 0 saturated heterocycles. The minimum atomic E-state index is 0.0699. The number of aryl methyl sites for hydroxylation is 1. The Morgan fingerprint density at radius 2 is 1.96 bits per heavy atom. The number of phenols is 1. The van der Waals surface area contributed by atoms with Crippen LogP contribution in [0.1, 0.15) is 29.3 Å². The Balaban J connectivity index is 1.73. The molecule has 0 spiro atoms. The van der Waals surface area contributed by atoms with Gasteiger partial charge in [0.2, 0.25) is 0 Å². The number of hydrogen-bond acceptors (Lipinski definition) is 3. The van der Waals surface area contributed by atoms with E-state index in [1.54, 1.807) is 13.2 Å². The van der Waals surface area contributed by atoms with Gasteiger partial charge in [0.1, 0.15) is 0 Å². The number of ether oxygens (including phenoxy) is 1. The maximum Gasteiger partial charge on any atom is 0.160 e. The van der Waals surface area contributed by atoms with Crippen molar-refractivity contribution in [2.75, 3.05) is 13.7 Å². The van der Waals surface area contributed by atoms with Gasteiger partial charge in [0.15, 0.2) is 11.5 Å². The normalized spacial score (nSPS) is 17.3. The van der Waals surface area contributed by atoms with Crippen molar-refractivity contribution < 1.29 is 9.84 Å². The Bertz CT molecular complexity index is 938. The highest BCUT2D eigenvalue weighted by Gasteiger charge is 2.28. The second kappa shape index (κ2) is 7.67. The summed E-state index contributed by atoms with van der Waals surface area (Å²) in [6, 6.07) is 18.0. The van der Waals surface area contributed by atoms with E-state index in [9.17, 15) is 5.11 Å². The van der Waals surface area contributed by atoms with Gasteiger partial charge in [-0.25, -0.2) is 0 Å². The Morgan fingerprint density at radius 3 is 2.74 bits per heavy atom. The van der Waals surface area contributed by atoms with E-state index >= 15 is 0 Å². The number of phenolic OH excluding ortho intramolecular Hbond substituents is 1. The molecule has 4 nitrogen and oxygen atoms in total. The fourth-order valence-electron chi connectivity index (χ4n) is 3.93. The quantitative estimate of drug-likeness (QED) is 0.700. The first-order valence-corrected chi connectivity index (χ1v) is 9.54. The van der Waals surface area contributed by atoms with Crippen LogP contribution < -0.4 is 4.74 Å². The number of methoxy groups -OCH3 is 1. The molecule has 0 aliphatic carbocycles. The van der Waals surface area contributed by atoms with Crippen LogP contribution in [0.3, 0.4) is 0 Å². The van der Waals surface area contributed by atoms with E-state index in [2.05, 4.69) is 33.9 Å². The first-order chi connectivity index (χ1) is 13.2. The van der Waals surface area contributed by atoms with Crippen LogP contribution in [0, 0.1) is 0 Å². The number of rotatable bonds is 4. The van der Waals surface area contributed by atoms with E-state index < -0.39 is 0 Å². The second-order valence-electron chi connectivity index (χ2n) is 6.88. The van der Waals surface area contributed by atoms with Gasteiger partial charge in [-0.05, 0) is 47.9 Å². The van der Waals surface area contributed by atoms with E-state index in [0.29, 0.717) is 5.75 Å². The summed E-state index contributed by atoms with van der Waals surface area (Å²) in [5.41, 5.74) is 3.41. The predicted molar refractivity (Wildman–Crippen MR) is 107 cm³/mol. The van der Waals surface area contributed by atoms with Gasteiger partial charge in [-0.3, -0.25) is 4.90 Å². The molecule has 2 aromatic carbocycles. The Kier molecular flexibility index (Phi) is 5.10. The molecule has 1 atom stereocenters. The number of fused-ring (bicyclic) bond motifs is 1. The molecule has 1 unspecified atom stereocenters. The zero-order valence-electron chi connectivity index (χ0n) is 15.3. The number of nitrogens with zero attached hydrogens (tertiary/aromatic N) is 2. The third-order valence-corrected chi connectivity index (χ3v) is 5.53. The first kappa shape index (κ1) is 18.0. The van der Waals surface area contributed by atoms with Gasteiger partial charge in [0.25, 0.3) is 0 Å². The topological polar surface area (TPSA) is 37.6 Å². The third-order valence-electron chi connectivity index (χ3n) is 5.18. The molecule has 4 rings (SSSR count). The molecule has 0 radical (unpaired) electrons. The average molecular weight is 383 g/mol. The lowest BCUT2D eigenvalue weighted by atomic mass is 10.0. The molecule has 2 heterocycles. The molecule has 1 aliphatic heterocycles. The van der Waals surface area contributed by atoms with Crippen LogP contribution in [0.15, 0.2) is 60.8 Å². The molecule has 0 bridgehead atoms. The van der Waals surface area contributed by atoms with Crippen molar-refractivity contribution in [3.8, 4) is 11.5 Å². The van der Waals surface area contributed by atoms with Crippen molar-refractivity contribution >= 4 is 11.6 Å². The molecule has 1 aliphatic rings. The number of aromatic nitrogens is 1. The molecule has 3 aromatic rings. The van der Waals surface area contributed by atoms with Crippen molar-refractivity contribution in [2.45, 2.75) is 25.6 Å². The van der Waals surface area contributed by atoms with E-state index in [-0.39, 0.29) is 11.8 Å². The molecule has 0 saturated carbocycles.